The van der Waals surface area contributed by atoms with Gasteiger partial charge in [-0.3, -0.25) is 4.98 Å². The number of aromatic nitrogens is 2. The summed E-state index contributed by atoms with van der Waals surface area (Å²) in [6.07, 6.45) is 4.94. The van der Waals surface area contributed by atoms with Gasteiger partial charge in [0.15, 0.2) is 5.75 Å². The summed E-state index contributed by atoms with van der Waals surface area (Å²) in [7, 11) is 0. The highest BCUT2D eigenvalue weighted by molar-refractivity contribution is 6.30. The number of nitrogens with zero attached hydrogens (tertiary/aromatic N) is 2. The van der Waals surface area contributed by atoms with Crippen molar-refractivity contribution < 1.29 is 14.6 Å². The molecule has 1 N–H and O–H groups in total. The third-order valence-electron chi connectivity index (χ3n) is 3.57. The summed E-state index contributed by atoms with van der Waals surface area (Å²) in [5.41, 5.74) is 0.662. The van der Waals surface area contributed by atoms with Crippen LogP contribution in [-0.4, -0.2) is 15.1 Å². The molecular weight excluding hydrogens is 340 g/mol. The van der Waals surface area contributed by atoms with E-state index < -0.39 is 0 Å². The first-order valence-electron chi connectivity index (χ1n) is 7.85. The number of benzene rings is 1. The van der Waals surface area contributed by atoms with Crippen LogP contribution in [0.1, 0.15) is 25.0 Å². The average Bonchev–Trinajstić information content (AvgIpc) is 2.62. The zero-order valence-electron chi connectivity index (χ0n) is 13.6. The Labute approximate surface area is 150 Å². The third kappa shape index (κ3) is 4.19. The molecule has 0 fully saturated rings. The van der Waals surface area contributed by atoms with Gasteiger partial charge in [-0.15, -0.1) is 0 Å². The molecule has 6 heteroatoms. The normalized spacial score (nSPS) is 11.8. The molecule has 0 aliphatic carbocycles. The number of halogens is 1. The van der Waals surface area contributed by atoms with Crippen LogP contribution in [0.15, 0.2) is 61.1 Å². The molecule has 0 bridgehead atoms. The highest BCUT2D eigenvalue weighted by Crippen LogP contribution is 2.35. The molecule has 0 amide bonds. The maximum Gasteiger partial charge on any atom is 0.262 e. The lowest BCUT2D eigenvalue weighted by atomic mass is 10.1. The van der Waals surface area contributed by atoms with Gasteiger partial charge in [0, 0.05) is 23.0 Å². The van der Waals surface area contributed by atoms with Gasteiger partial charge in [0.25, 0.3) is 5.88 Å². The fraction of sp³-hybridized carbons (Fsp3) is 0.158. The Kier molecular flexibility index (Phi) is 5.36. The van der Waals surface area contributed by atoms with Crippen LogP contribution >= 0.6 is 11.6 Å². The number of hydrogen-bond acceptors (Lipinski definition) is 5. The Bertz CT molecular complexity index is 857. The summed E-state index contributed by atoms with van der Waals surface area (Å²) >= 11 is 5.99. The SMILES string of the molecule is CCC(Oc1cccnc1Oc1cccc(Cl)c1)c1ccncc1O. The molecule has 0 aliphatic heterocycles. The number of aromatic hydroxyl groups is 1. The van der Waals surface area contributed by atoms with Crippen molar-refractivity contribution in [3.63, 3.8) is 0 Å². The summed E-state index contributed by atoms with van der Waals surface area (Å²) in [4.78, 5) is 8.14. The molecule has 2 aromatic heterocycles. The molecule has 25 heavy (non-hydrogen) atoms. The molecule has 0 saturated carbocycles. The van der Waals surface area contributed by atoms with E-state index in [-0.39, 0.29) is 11.9 Å². The second kappa shape index (κ2) is 7.85. The molecule has 1 aromatic carbocycles. The second-order valence-corrected chi connectivity index (χ2v) is 5.75. The van der Waals surface area contributed by atoms with Crippen molar-refractivity contribution in [3.8, 4) is 23.1 Å². The van der Waals surface area contributed by atoms with Crippen LogP contribution in [0.4, 0.5) is 0 Å². The van der Waals surface area contributed by atoms with E-state index in [1.165, 1.54) is 6.20 Å². The molecule has 2 heterocycles. The van der Waals surface area contributed by atoms with Crippen LogP contribution in [0, 0.1) is 0 Å². The van der Waals surface area contributed by atoms with E-state index in [4.69, 9.17) is 21.1 Å². The average molecular weight is 357 g/mol. The molecule has 0 saturated heterocycles. The molecule has 0 aliphatic rings. The molecule has 3 aromatic rings. The van der Waals surface area contributed by atoms with Crippen molar-refractivity contribution >= 4 is 11.6 Å². The Morgan fingerprint density at radius 2 is 2.04 bits per heavy atom. The molecule has 128 valence electrons. The fourth-order valence-electron chi connectivity index (χ4n) is 2.37. The lowest BCUT2D eigenvalue weighted by molar-refractivity contribution is 0.189. The standard InChI is InChI=1S/C19H17ClN2O3/c1-2-17(15-8-10-21-12-16(15)23)25-18-7-4-9-22-19(18)24-14-6-3-5-13(20)11-14/h3-12,17,23H,2H2,1H3. The maximum atomic E-state index is 10.0. The molecule has 0 spiro atoms. The smallest absolute Gasteiger partial charge is 0.262 e. The number of rotatable bonds is 6. The Morgan fingerprint density at radius 1 is 1.16 bits per heavy atom. The van der Waals surface area contributed by atoms with Crippen molar-refractivity contribution in [1.82, 2.24) is 9.97 Å². The summed E-state index contributed by atoms with van der Waals surface area (Å²) in [6.45, 7) is 1.97. The monoisotopic (exact) mass is 356 g/mol. The first-order chi connectivity index (χ1) is 12.2. The summed E-state index contributed by atoms with van der Waals surface area (Å²) in [5.74, 6) is 1.47. The quantitative estimate of drug-likeness (QED) is 0.661. The van der Waals surface area contributed by atoms with Crippen LogP contribution in [0.5, 0.6) is 23.1 Å². The third-order valence-corrected chi connectivity index (χ3v) is 3.80. The van der Waals surface area contributed by atoms with E-state index in [0.717, 1.165) is 0 Å². The van der Waals surface area contributed by atoms with Crippen LogP contribution in [0.25, 0.3) is 0 Å². The van der Waals surface area contributed by atoms with Gasteiger partial charge in [0.1, 0.15) is 17.6 Å². The minimum Gasteiger partial charge on any atom is -0.506 e. The van der Waals surface area contributed by atoms with Gasteiger partial charge >= 0.3 is 0 Å². The topological polar surface area (TPSA) is 64.5 Å². The highest BCUT2D eigenvalue weighted by Gasteiger charge is 2.18. The van der Waals surface area contributed by atoms with Gasteiger partial charge in [-0.25, -0.2) is 4.98 Å². The molecule has 1 unspecified atom stereocenters. The van der Waals surface area contributed by atoms with E-state index in [0.29, 0.717) is 34.4 Å². The number of hydrogen-bond donors (Lipinski definition) is 1. The van der Waals surface area contributed by atoms with E-state index in [1.807, 2.05) is 6.92 Å². The lowest BCUT2D eigenvalue weighted by Crippen LogP contribution is -2.08. The predicted molar refractivity (Wildman–Crippen MR) is 95.3 cm³/mol. The first kappa shape index (κ1) is 17.0. The highest BCUT2D eigenvalue weighted by atomic mass is 35.5. The fourth-order valence-corrected chi connectivity index (χ4v) is 2.55. The van der Waals surface area contributed by atoms with Gasteiger partial charge in [0.2, 0.25) is 0 Å². The van der Waals surface area contributed by atoms with Gasteiger partial charge in [-0.2, -0.15) is 0 Å². The second-order valence-electron chi connectivity index (χ2n) is 5.32. The molecule has 1 atom stereocenters. The minimum atomic E-state index is -0.353. The molecular formula is C19H17ClN2O3. The minimum absolute atomic E-state index is 0.0931. The van der Waals surface area contributed by atoms with Crippen LogP contribution in [0.3, 0.4) is 0 Å². The summed E-state index contributed by atoms with van der Waals surface area (Å²) in [5, 5.41) is 10.6. The lowest BCUT2D eigenvalue weighted by Gasteiger charge is -2.20. The van der Waals surface area contributed by atoms with Crippen molar-refractivity contribution in [1.29, 1.82) is 0 Å². The van der Waals surface area contributed by atoms with Gasteiger partial charge in [0.05, 0.1) is 6.20 Å². The van der Waals surface area contributed by atoms with Gasteiger partial charge < -0.3 is 14.6 Å². The van der Waals surface area contributed by atoms with Crippen molar-refractivity contribution in [2.45, 2.75) is 19.4 Å². The Balaban J connectivity index is 1.86. The number of pyridine rings is 2. The van der Waals surface area contributed by atoms with Crippen LogP contribution in [-0.2, 0) is 0 Å². The zero-order chi connectivity index (χ0) is 17.6. The largest absolute Gasteiger partial charge is 0.506 e. The molecule has 0 radical (unpaired) electrons. The van der Waals surface area contributed by atoms with E-state index in [9.17, 15) is 5.11 Å². The predicted octanol–water partition coefficient (Wildman–Crippen LogP) is 5.16. The summed E-state index contributed by atoms with van der Waals surface area (Å²) in [6, 6.07) is 12.3. The maximum absolute atomic E-state index is 10.0. The van der Waals surface area contributed by atoms with Crippen LogP contribution in [0.2, 0.25) is 5.02 Å². The molecule has 3 rings (SSSR count). The van der Waals surface area contributed by atoms with Crippen LogP contribution < -0.4 is 9.47 Å². The number of ether oxygens (including phenoxy) is 2. The Hall–Kier alpha value is -2.79. The zero-order valence-corrected chi connectivity index (χ0v) is 14.3. The van der Waals surface area contributed by atoms with E-state index in [2.05, 4.69) is 9.97 Å². The van der Waals surface area contributed by atoms with Crippen molar-refractivity contribution in [2.24, 2.45) is 0 Å². The Morgan fingerprint density at radius 3 is 2.80 bits per heavy atom. The van der Waals surface area contributed by atoms with Crippen molar-refractivity contribution in [3.05, 3.63) is 71.6 Å². The van der Waals surface area contributed by atoms with E-state index in [1.54, 1.807) is 54.9 Å². The molecule has 5 nitrogen and oxygen atoms in total. The van der Waals surface area contributed by atoms with Gasteiger partial charge in [-0.1, -0.05) is 24.6 Å². The first-order valence-corrected chi connectivity index (χ1v) is 8.23. The summed E-state index contributed by atoms with van der Waals surface area (Å²) < 4.78 is 11.9. The van der Waals surface area contributed by atoms with Gasteiger partial charge in [-0.05, 0) is 42.8 Å². The van der Waals surface area contributed by atoms with E-state index >= 15 is 0 Å². The van der Waals surface area contributed by atoms with Crippen molar-refractivity contribution in [2.75, 3.05) is 0 Å².